The Morgan fingerprint density at radius 1 is 1.32 bits per heavy atom. The van der Waals surface area contributed by atoms with Crippen molar-refractivity contribution in [3.05, 3.63) is 28.2 Å². The Kier molecular flexibility index (Phi) is 6.09. The number of nitrogens with one attached hydrogen (secondary N) is 1. The summed E-state index contributed by atoms with van der Waals surface area (Å²) in [6, 6.07) is 4.53. The van der Waals surface area contributed by atoms with E-state index >= 15 is 0 Å². The van der Waals surface area contributed by atoms with Gasteiger partial charge in [0.25, 0.3) is 0 Å². The summed E-state index contributed by atoms with van der Waals surface area (Å²) in [5.41, 5.74) is 0.889. The van der Waals surface area contributed by atoms with Crippen LogP contribution in [0.1, 0.15) is 5.56 Å². The zero-order valence-corrected chi connectivity index (χ0v) is 12.3. The molecule has 0 spiro atoms. The van der Waals surface area contributed by atoms with Crippen LogP contribution >= 0.6 is 15.9 Å². The van der Waals surface area contributed by atoms with Crippen LogP contribution in [0, 0.1) is 0 Å². The fourth-order valence-corrected chi connectivity index (χ4v) is 1.90. The van der Waals surface area contributed by atoms with Gasteiger partial charge in [0, 0.05) is 19.6 Å². The maximum absolute atomic E-state index is 12.1. The van der Waals surface area contributed by atoms with Gasteiger partial charge in [-0.1, -0.05) is 6.07 Å². The predicted molar refractivity (Wildman–Crippen MR) is 71.1 cm³/mol. The standard InChI is InChI=1S/C12H16BrF3N2O/c1-18(2)6-5-17-8-9-3-4-11(10(13)7-9)19-12(14,15)16/h3-4,7,17H,5-6,8H2,1-2H3. The number of hydrogen-bond acceptors (Lipinski definition) is 3. The number of alkyl halides is 3. The third kappa shape index (κ3) is 6.79. The van der Waals surface area contributed by atoms with E-state index in [1.807, 2.05) is 19.0 Å². The van der Waals surface area contributed by atoms with Gasteiger partial charge in [-0.3, -0.25) is 0 Å². The maximum atomic E-state index is 12.1. The summed E-state index contributed by atoms with van der Waals surface area (Å²) in [7, 11) is 3.95. The number of nitrogens with zero attached hydrogens (tertiary/aromatic N) is 1. The summed E-state index contributed by atoms with van der Waals surface area (Å²) < 4.78 is 40.4. The van der Waals surface area contributed by atoms with Crippen molar-refractivity contribution in [3.8, 4) is 5.75 Å². The maximum Gasteiger partial charge on any atom is 0.573 e. The number of likely N-dealkylation sites (N-methyl/N-ethyl adjacent to an activating group) is 1. The fourth-order valence-electron chi connectivity index (χ4n) is 1.40. The summed E-state index contributed by atoms with van der Waals surface area (Å²) in [6.07, 6.45) is -4.67. The molecule has 108 valence electrons. The molecule has 19 heavy (non-hydrogen) atoms. The van der Waals surface area contributed by atoms with E-state index in [1.165, 1.54) is 6.07 Å². The van der Waals surface area contributed by atoms with Crippen LogP contribution in [0.2, 0.25) is 0 Å². The van der Waals surface area contributed by atoms with Crippen LogP contribution in [-0.4, -0.2) is 38.4 Å². The monoisotopic (exact) mass is 340 g/mol. The molecular weight excluding hydrogens is 325 g/mol. The lowest BCUT2D eigenvalue weighted by molar-refractivity contribution is -0.274. The van der Waals surface area contributed by atoms with Crippen LogP contribution < -0.4 is 10.1 Å². The highest BCUT2D eigenvalue weighted by molar-refractivity contribution is 9.10. The van der Waals surface area contributed by atoms with Gasteiger partial charge < -0.3 is 15.0 Å². The molecule has 1 N–H and O–H groups in total. The smallest absolute Gasteiger partial charge is 0.405 e. The zero-order valence-electron chi connectivity index (χ0n) is 10.7. The second-order valence-corrected chi connectivity index (χ2v) is 5.15. The molecule has 0 saturated carbocycles. The molecule has 1 aromatic rings. The molecule has 0 atom stereocenters. The number of benzene rings is 1. The molecule has 1 rings (SSSR count). The van der Waals surface area contributed by atoms with Gasteiger partial charge in [0.2, 0.25) is 0 Å². The number of ether oxygens (including phenoxy) is 1. The fraction of sp³-hybridized carbons (Fsp3) is 0.500. The molecule has 0 unspecified atom stereocenters. The molecule has 0 aromatic heterocycles. The molecule has 7 heteroatoms. The van der Waals surface area contributed by atoms with E-state index in [-0.39, 0.29) is 10.2 Å². The third-order valence-electron chi connectivity index (χ3n) is 2.29. The molecule has 0 aliphatic carbocycles. The normalized spacial score (nSPS) is 11.9. The van der Waals surface area contributed by atoms with Crippen molar-refractivity contribution in [2.24, 2.45) is 0 Å². The molecule has 0 radical (unpaired) electrons. The minimum atomic E-state index is -4.67. The van der Waals surface area contributed by atoms with Crippen LogP contribution in [0.15, 0.2) is 22.7 Å². The van der Waals surface area contributed by atoms with Gasteiger partial charge in [0.05, 0.1) is 4.47 Å². The van der Waals surface area contributed by atoms with Crippen LogP contribution in [0.5, 0.6) is 5.75 Å². The minimum Gasteiger partial charge on any atom is -0.405 e. The Labute approximate surface area is 118 Å². The summed E-state index contributed by atoms with van der Waals surface area (Å²) in [5.74, 6) is -0.232. The van der Waals surface area contributed by atoms with E-state index in [1.54, 1.807) is 12.1 Å². The molecule has 0 aliphatic rings. The largest absolute Gasteiger partial charge is 0.573 e. The Hall–Kier alpha value is -0.790. The summed E-state index contributed by atoms with van der Waals surface area (Å²) in [5, 5.41) is 3.20. The summed E-state index contributed by atoms with van der Waals surface area (Å²) >= 11 is 3.07. The first kappa shape index (κ1) is 16.3. The van der Waals surface area contributed by atoms with Crippen molar-refractivity contribution in [2.75, 3.05) is 27.2 Å². The lowest BCUT2D eigenvalue weighted by Crippen LogP contribution is -2.26. The van der Waals surface area contributed by atoms with Gasteiger partial charge in [-0.2, -0.15) is 0 Å². The lowest BCUT2D eigenvalue weighted by atomic mass is 10.2. The van der Waals surface area contributed by atoms with E-state index in [2.05, 4.69) is 26.0 Å². The van der Waals surface area contributed by atoms with Gasteiger partial charge in [0.1, 0.15) is 5.75 Å². The molecule has 0 saturated heterocycles. The van der Waals surface area contributed by atoms with Crippen molar-refractivity contribution in [1.29, 1.82) is 0 Å². The second kappa shape index (κ2) is 7.12. The molecule has 3 nitrogen and oxygen atoms in total. The molecule has 0 amide bonds. The Balaban J connectivity index is 2.52. The highest BCUT2D eigenvalue weighted by Gasteiger charge is 2.31. The molecule has 0 bridgehead atoms. The van der Waals surface area contributed by atoms with E-state index in [0.717, 1.165) is 18.7 Å². The van der Waals surface area contributed by atoms with Crippen LogP contribution in [0.4, 0.5) is 13.2 Å². The Morgan fingerprint density at radius 2 is 2.00 bits per heavy atom. The quantitative estimate of drug-likeness (QED) is 0.805. The van der Waals surface area contributed by atoms with Gasteiger partial charge in [-0.25, -0.2) is 0 Å². The third-order valence-corrected chi connectivity index (χ3v) is 2.91. The molecular formula is C12H16BrF3N2O. The van der Waals surface area contributed by atoms with Crippen molar-refractivity contribution in [1.82, 2.24) is 10.2 Å². The van der Waals surface area contributed by atoms with Gasteiger partial charge in [-0.05, 0) is 47.7 Å². The van der Waals surface area contributed by atoms with E-state index < -0.39 is 6.36 Å². The Bertz CT molecular complexity index is 410. The SMILES string of the molecule is CN(C)CCNCc1ccc(OC(F)(F)F)c(Br)c1. The highest BCUT2D eigenvalue weighted by Crippen LogP contribution is 2.30. The van der Waals surface area contributed by atoms with Crippen LogP contribution in [-0.2, 0) is 6.54 Å². The molecule has 1 aromatic carbocycles. The van der Waals surface area contributed by atoms with Crippen LogP contribution in [0.3, 0.4) is 0 Å². The van der Waals surface area contributed by atoms with Gasteiger partial charge in [0.15, 0.2) is 0 Å². The van der Waals surface area contributed by atoms with Gasteiger partial charge in [-0.15, -0.1) is 13.2 Å². The molecule has 0 aliphatic heterocycles. The summed E-state index contributed by atoms with van der Waals surface area (Å²) in [6.45, 7) is 2.31. The van der Waals surface area contributed by atoms with Crippen LogP contribution in [0.25, 0.3) is 0 Å². The number of rotatable bonds is 6. The lowest BCUT2D eigenvalue weighted by Gasteiger charge is -2.13. The first-order valence-corrected chi connectivity index (χ1v) is 6.47. The zero-order chi connectivity index (χ0) is 14.5. The number of halogens is 4. The second-order valence-electron chi connectivity index (χ2n) is 4.29. The Morgan fingerprint density at radius 3 is 2.53 bits per heavy atom. The summed E-state index contributed by atoms with van der Waals surface area (Å²) in [4.78, 5) is 2.04. The van der Waals surface area contributed by atoms with E-state index in [9.17, 15) is 13.2 Å². The predicted octanol–water partition coefficient (Wildman–Crippen LogP) is 3.00. The first-order chi connectivity index (χ1) is 8.78. The topological polar surface area (TPSA) is 24.5 Å². The van der Waals surface area contributed by atoms with Crippen molar-refractivity contribution >= 4 is 15.9 Å². The minimum absolute atomic E-state index is 0.232. The van der Waals surface area contributed by atoms with Crippen molar-refractivity contribution in [2.45, 2.75) is 12.9 Å². The van der Waals surface area contributed by atoms with Crippen molar-refractivity contribution < 1.29 is 17.9 Å². The first-order valence-electron chi connectivity index (χ1n) is 5.67. The van der Waals surface area contributed by atoms with Gasteiger partial charge >= 0.3 is 6.36 Å². The van der Waals surface area contributed by atoms with E-state index in [0.29, 0.717) is 6.54 Å². The number of hydrogen-bond donors (Lipinski definition) is 1. The average molecular weight is 341 g/mol. The molecule has 0 fully saturated rings. The average Bonchev–Trinajstić information content (AvgIpc) is 2.26. The molecule has 0 heterocycles. The van der Waals surface area contributed by atoms with Crippen molar-refractivity contribution in [3.63, 3.8) is 0 Å². The van der Waals surface area contributed by atoms with E-state index in [4.69, 9.17) is 0 Å². The highest BCUT2D eigenvalue weighted by atomic mass is 79.9.